The smallest absolute Gasteiger partial charge is 0.184 e. The molecule has 0 amide bonds. The summed E-state index contributed by atoms with van der Waals surface area (Å²) in [5.74, 6) is -0.793. The minimum absolute atomic E-state index is 0.0300. The van der Waals surface area contributed by atoms with Gasteiger partial charge in [0.25, 0.3) is 0 Å². The number of aliphatic hydroxyl groups excluding tert-OH is 6. The molecule has 0 spiro atoms. The summed E-state index contributed by atoms with van der Waals surface area (Å²) in [6.45, 7) is 9.53. The molecule has 10 nitrogen and oxygen atoms in total. The minimum atomic E-state index is -1.15. The van der Waals surface area contributed by atoms with Crippen LogP contribution in [-0.2, 0) is 14.2 Å². The molecule has 212 valence electrons. The number of ether oxygens (including phenoxy) is 3. The standard InChI is InChI=1S/C26H49NO9/c1-6-15(29)10-27-16-8-12(3)20(24-13(4)9-17(30)18(7-2)34-24)23(33)25(16)36-26-22(32)14(5)21(31)19(11-28)35-26/h12-33H,6-11H2,1-5H3. The zero-order valence-corrected chi connectivity index (χ0v) is 22.3. The maximum atomic E-state index is 11.7. The van der Waals surface area contributed by atoms with Gasteiger partial charge in [-0.15, -0.1) is 0 Å². The average molecular weight is 520 g/mol. The monoisotopic (exact) mass is 519 g/mol. The molecular weight excluding hydrogens is 470 g/mol. The Morgan fingerprint density at radius 3 is 2.22 bits per heavy atom. The Morgan fingerprint density at radius 1 is 0.917 bits per heavy atom. The van der Waals surface area contributed by atoms with E-state index in [2.05, 4.69) is 12.2 Å². The molecule has 10 heteroatoms. The Morgan fingerprint density at radius 2 is 1.61 bits per heavy atom. The molecule has 0 aromatic rings. The third-order valence-electron chi connectivity index (χ3n) is 8.73. The van der Waals surface area contributed by atoms with Gasteiger partial charge in [0, 0.05) is 24.4 Å². The number of hydrogen-bond donors (Lipinski definition) is 7. The Labute approximate surface area is 215 Å². The molecule has 15 unspecified atom stereocenters. The molecule has 0 radical (unpaired) electrons. The van der Waals surface area contributed by atoms with Crippen molar-refractivity contribution in [3.63, 3.8) is 0 Å². The van der Waals surface area contributed by atoms with Crippen LogP contribution < -0.4 is 5.32 Å². The molecule has 1 saturated carbocycles. The maximum Gasteiger partial charge on any atom is 0.184 e. The van der Waals surface area contributed by atoms with Gasteiger partial charge in [0.05, 0.1) is 43.2 Å². The number of nitrogens with one attached hydrogen (secondary N) is 1. The van der Waals surface area contributed by atoms with Crippen LogP contribution in [0.25, 0.3) is 0 Å². The number of hydrogen-bond acceptors (Lipinski definition) is 10. The Hall–Kier alpha value is -0.400. The van der Waals surface area contributed by atoms with Crippen LogP contribution >= 0.6 is 0 Å². The lowest BCUT2D eigenvalue weighted by atomic mass is 9.68. The fourth-order valence-corrected chi connectivity index (χ4v) is 6.28. The second-order valence-corrected chi connectivity index (χ2v) is 11.4. The molecule has 15 atom stereocenters. The van der Waals surface area contributed by atoms with Crippen molar-refractivity contribution < 1.29 is 44.8 Å². The molecular formula is C26H49NO9. The van der Waals surface area contributed by atoms with E-state index in [0.717, 1.165) is 0 Å². The van der Waals surface area contributed by atoms with Crippen LogP contribution in [0.2, 0.25) is 0 Å². The van der Waals surface area contributed by atoms with Gasteiger partial charge >= 0.3 is 0 Å². The van der Waals surface area contributed by atoms with Gasteiger partial charge in [-0.2, -0.15) is 0 Å². The molecule has 0 bridgehead atoms. The second-order valence-electron chi connectivity index (χ2n) is 11.4. The summed E-state index contributed by atoms with van der Waals surface area (Å²) in [5, 5.41) is 66.4. The van der Waals surface area contributed by atoms with E-state index in [1.54, 1.807) is 6.92 Å². The third-order valence-corrected chi connectivity index (χ3v) is 8.73. The molecule has 3 rings (SSSR count). The summed E-state index contributed by atoms with van der Waals surface area (Å²) in [7, 11) is 0. The zero-order valence-electron chi connectivity index (χ0n) is 22.3. The van der Waals surface area contributed by atoms with E-state index in [9.17, 15) is 30.6 Å². The Balaban J connectivity index is 1.85. The van der Waals surface area contributed by atoms with E-state index >= 15 is 0 Å². The maximum absolute atomic E-state index is 11.7. The van der Waals surface area contributed by atoms with Crippen molar-refractivity contribution in [1.82, 2.24) is 5.32 Å². The van der Waals surface area contributed by atoms with Crippen molar-refractivity contribution in [3.8, 4) is 0 Å². The van der Waals surface area contributed by atoms with Crippen molar-refractivity contribution in [1.29, 1.82) is 0 Å². The summed E-state index contributed by atoms with van der Waals surface area (Å²) in [6.07, 6.45) is -5.20. The summed E-state index contributed by atoms with van der Waals surface area (Å²) >= 11 is 0. The molecule has 3 aliphatic rings. The van der Waals surface area contributed by atoms with Gasteiger partial charge in [-0.1, -0.05) is 34.6 Å². The van der Waals surface area contributed by atoms with Crippen molar-refractivity contribution in [2.75, 3.05) is 13.2 Å². The number of aliphatic hydroxyl groups is 6. The second kappa shape index (κ2) is 13.1. The van der Waals surface area contributed by atoms with Crippen LogP contribution in [0.4, 0.5) is 0 Å². The van der Waals surface area contributed by atoms with E-state index in [-0.39, 0.29) is 36.0 Å². The van der Waals surface area contributed by atoms with Crippen LogP contribution in [0.1, 0.15) is 60.3 Å². The highest BCUT2D eigenvalue weighted by atomic mass is 16.7. The van der Waals surface area contributed by atoms with Crippen LogP contribution in [0.15, 0.2) is 0 Å². The molecule has 1 aliphatic carbocycles. The fraction of sp³-hybridized carbons (Fsp3) is 1.00. The molecule has 2 saturated heterocycles. The summed E-state index contributed by atoms with van der Waals surface area (Å²) in [4.78, 5) is 0. The summed E-state index contributed by atoms with van der Waals surface area (Å²) < 4.78 is 18.3. The lowest BCUT2D eigenvalue weighted by Gasteiger charge is -2.52. The van der Waals surface area contributed by atoms with E-state index in [4.69, 9.17) is 14.2 Å². The Kier molecular flexibility index (Phi) is 11.0. The van der Waals surface area contributed by atoms with Crippen molar-refractivity contribution in [2.24, 2.45) is 23.7 Å². The molecule has 7 N–H and O–H groups in total. The topological polar surface area (TPSA) is 161 Å². The lowest BCUT2D eigenvalue weighted by Crippen LogP contribution is -2.64. The molecule has 36 heavy (non-hydrogen) atoms. The van der Waals surface area contributed by atoms with Gasteiger partial charge in [-0.3, -0.25) is 0 Å². The third kappa shape index (κ3) is 6.42. The predicted molar refractivity (Wildman–Crippen MR) is 132 cm³/mol. The normalized spacial score (nSPS) is 49.1. The van der Waals surface area contributed by atoms with Crippen molar-refractivity contribution in [3.05, 3.63) is 0 Å². The van der Waals surface area contributed by atoms with Gasteiger partial charge in [0.15, 0.2) is 6.29 Å². The SMILES string of the molecule is CCC(O)CNC1CC(C)C(C2OC(CC)C(O)CC2C)C(O)C1OC1OC(CO)C(O)C(C)C1O. The van der Waals surface area contributed by atoms with Gasteiger partial charge in [0.2, 0.25) is 0 Å². The first kappa shape index (κ1) is 30.1. The van der Waals surface area contributed by atoms with E-state index in [1.165, 1.54) is 0 Å². The summed E-state index contributed by atoms with van der Waals surface area (Å²) in [5.41, 5.74) is 0. The lowest BCUT2D eigenvalue weighted by molar-refractivity contribution is -0.317. The highest BCUT2D eigenvalue weighted by Gasteiger charge is 2.52. The van der Waals surface area contributed by atoms with Crippen LogP contribution in [0.5, 0.6) is 0 Å². The van der Waals surface area contributed by atoms with Gasteiger partial charge in [0.1, 0.15) is 18.3 Å². The van der Waals surface area contributed by atoms with Crippen molar-refractivity contribution >= 4 is 0 Å². The van der Waals surface area contributed by atoms with Crippen molar-refractivity contribution in [2.45, 2.75) is 128 Å². The first-order valence-corrected chi connectivity index (χ1v) is 13.7. The van der Waals surface area contributed by atoms with Gasteiger partial charge < -0.3 is 50.2 Å². The highest BCUT2D eigenvalue weighted by Crippen LogP contribution is 2.42. The fourth-order valence-electron chi connectivity index (χ4n) is 6.28. The van der Waals surface area contributed by atoms with Crippen LogP contribution in [-0.4, -0.2) is 111 Å². The summed E-state index contributed by atoms with van der Waals surface area (Å²) in [6, 6.07) is -0.329. The quantitative estimate of drug-likeness (QED) is 0.216. The molecule has 0 aromatic carbocycles. The van der Waals surface area contributed by atoms with Gasteiger partial charge in [-0.05, 0) is 37.5 Å². The minimum Gasteiger partial charge on any atom is -0.394 e. The molecule has 2 heterocycles. The molecule has 0 aromatic heterocycles. The largest absolute Gasteiger partial charge is 0.394 e. The Bertz CT molecular complexity index is 669. The predicted octanol–water partition coefficient (Wildman–Crippen LogP) is -0.243. The number of rotatable bonds is 9. The van der Waals surface area contributed by atoms with Crippen LogP contribution in [0.3, 0.4) is 0 Å². The van der Waals surface area contributed by atoms with E-state index in [1.807, 2.05) is 20.8 Å². The first-order chi connectivity index (χ1) is 17.0. The first-order valence-electron chi connectivity index (χ1n) is 13.7. The average Bonchev–Trinajstić information content (AvgIpc) is 2.85. The van der Waals surface area contributed by atoms with E-state index in [0.29, 0.717) is 32.2 Å². The highest BCUT2D eigenvalue weighted by molar-refractivity contribution is 5.02. The van der Waals surface area contributed by atoms with Gasteiger partial charge in [-0.25, -0.2) is 0 Å². The van der Waals surface area contributed by atoms with E-state index < -0.39 is 61.5 Å². The molecule has 2 aliphatic heterocycles. The van der Waals surface area contributed by atoms with Crippen LogP contribution in [0, 0.1) is 23.7 Å². The zero-order chi connectivity index (χ0) is 26.7. The molecule has 3 fully saturated rings.